The maximum Gasteiger partial charge on any atom is 0.258 e. The van der Waals surface area contributed by atoms with Gasteiger partial charge in [-0.1, -0.05) is 11.8 Å². The van der Waals surface area contributed by atoms with Crippen LogP contribution < -0.4 is 5.56 Å². The third-order valence-electron chi connectivity index (χ3n) is 2.66. The number of nitrogens with zero attached hydrogens (tertiary/aromatic N) is 6. The summed E-state index contributed by atoms with van der Waals surface area (Å²) in [5.41, 5.74) is 0.677. The van der Waals surface area contributed by atoms with Crippen LogP contribution in [0.1, 0.15) is 25.6 Å². The van der Waals surface area contributed by atoms with Crippen LogP contribution in [-0.2, 0) is 5.75 Å². The molecule has 0 aliphatic carbocycles. The molecule has 3 aromatic heterocycles. The third-order valence-corrected chi connectivity index (χ3v) is 4.38. The molecule has 20 heavy (non-hydrogen) atoms. The predicted molar refractivity (Wildman–Crippen MR) is 77.1 cm³/mol. The number of thiazole rings is 1. The maximum atomic E-state index is 11.9. The molecule has 0 aliphatic heterocycles. The maximum absolute atomic E-state index is 11.9. The quantitative estimate of drug-likeness (QED) is 0.682. The molecule has 0 saturated heterocycles. The summed E-state index contributed by atoms with van der Waals surface area (Å²) in [6.45, 7) is 4.03. The fourth-order valence-electron chi connectivity index (χ4n) is 1.70. The van der Waals surface area contributed by atoms with E-state index in [1.54, 1.807) is 16.9 Å². The van der Waals surface area contributed by atoms with Crippen LogP contribution in [0, 0.1) is 0 Å². The molecule has 0 spiro atoms. The lowest BCUT2D eigenvalue weighted by Gasteiger charge is -2.06. The molecule has 0 radical (unpaired) electrons. The molecule has 3 heterocycles. The van der Waals surface area contributed by atoms with Crippen molar-refractivity contribution in [1.29, 1.82) is 0 Å². The topological polar surface area (TPSA) is 78.0 Å². The molecule has 0 aliphatic rings. The Kier molecular flexibility index (Phi) is 3.53. The molecule has 0 atom stereocenters. The molecule has 0 aromatic carbocycles. The summed E-state index contributed by atoms with van der Waals surface area (Å²) in [5, 5.41) is 14.2. The zero-order chi connectivity index (χ0) is 14.1. The van der Waals surface area contributed by atoms with Gasteiger partial charge in [-0.25, -0.2) is 9.67 Å². The Balaban J connectivity index is 1.83. The summed E-state index contributed by atoms with van der Waals surface area (Å²) in [7, 11) is 0. The van der Waals surface area contributed by atoms with Crippen molar-refractivity contribution in [3.63, 3.8) is 0 Å². The van der Waals surface area contributed by atoms with E-state index in [0.717, 1.165) is 10.9 Å². The summed E-state index contributed by atoms with van der Waals surface area (Å²) in [6.07, 6.45) is 1.73. The first kappa shape index (κ1) is 13.3. The van der Waals surface area contributed by atoms with Crippen molar-refractivity contribution in [2.75, 3.05) is 0 Å². The fraction of sp³-hybridized carbons (Fsp3) is 0.364. The molecule has 3 aromatic rings. The van der Waals surface area contributed by atoms with Crippen molar-refractivity contribution in [2.45, 2.75) is 30.8 Å². The Morgan fingerprint density at radius 3 is 3.10 bits per heavy atom. The molecule has 104 valence electrons. The van der Waals surface area contributed by atoms with Gasteiger partial charge in [0.05, 0.1) is 11.7 Å². The second-order valence-electron chi connectivity index (χ2n) is 4.43. The zero-order valence-corrected chi connectivity index (χ0v) is 12.6. The number of aromatic nitrogens is 6. The first-order chi connectivity index (χ1) is 9.65. The summed E-state index contributed by atoms with van der Waals surface area (Å²) in [5.74, 6) is 0.566. The van der Waals surface area contributed by atoms with Gasteiger partial charge in [-0.05, 0) is 24.3 Å². The van der Waals surface area contributed by atoms with E-state index in [1.165, 1.54) is 27.5 Å². The normalized spacial score (nSPS) is 11.6. The minimum absolute atomic E-state index is 0.0599. The van der Waals surface area contributed by atoms with Crippen molar-refractivity contribution in [3.05, 3.63) is 33.7 Å². The molecular weight excluding hydrogens is 296 g/mol. The van der Waals surface area contributed by atoms with Crippen molar-refractivity contribution < 1.29 is 0 Å². The van der Waals surface area contributed by atoms with Crippen LogP contribution in [0.5, 0.6) is 0 Å². The molecule has 9 heteroatoms. The predicted octanol–water partition coefficient (Wildman–Crippen LogP) is 1.62. The summed E-state index contributed by atoms with van der Waals surface area (Å²) in [6, 6.07) is 1.75. The van der Waals surface area contributed by atoms with Gasteiger partial charge in [-0.2, -0.15) is 0 Å². The molecular formula is C11H12N6OS2. The minimum atomic E-state index is -0.0599. The second kappa shape index (κ2) is 5.33. The number of hydrogen-bond donors (Lipinski definition) is 0. The average molecular weight is 308 g/mol. The largest absolute Gasteiger partial charge is 0.269 e. The Hall–Kier alpha value is -1.74. The lowest BCUT2D eigenvalue weighted by atomic mass is 10.4. The number of thioether (sulfide) groups is 1. The van der Waals surface area contributed by atoms with Crippen LogP contribution in [0.3, 0.4) is 0 Å². The first-order valence-electron chi connectivity index (χ1n) is 6.01. The molecule has 0 unspecified atom stereocenters. The Morgan fingerprint density at radius 2 is 2.30 bits per heavy atom. The lowest BCUT2D eigenvalue weighted by molar-refractivity contribution is 0.477. The van der Waals surface area contributed by atoms with Gasteiger partial charge in [-0.15, -0.1) is 16.4 Å². The van der Waals surface area contributed by atoms with Gasteiger partial charge in [-0.3, -0.25) is 9.20 Å². The fourth-order valence-corrected chi connectivity index (χ4v) is 3.34. The lowest BCUT2D eigenvalue weighted by Crippen LogP contribution is -2.12. The zero-order valence-electron chi connectivity index (χ0n) is 10.9. The van der Waals surface area contributed by atoms with E-state index in [9.17, 15) is 4.79 Å². The molecule has 0 amide bonds. The SMILES string of the molecule is CC(C)n1nnnc1SCc1cc(=O)n2ccsc2n1. The van der Waals surface area contributed by atoms with E-state index in [1.807, 2.05) is 19.2 Å². The van der Waals surface area contributed by atoms with Crippen molar-refractivity contribution in [1.82, 2.24) is 29.6 Å². The summed E-state index contributed by atoms with van der Waals surface area (Å²) in [4.78, 5) is 17.0. The van der Waals surface area contributed by atoms with Gasteiger partial charge < -0.3 is 0 Å². The van der Waals surface area contributed by atoms with Crippen LogP contribution >= 0.6 is 23.1 Å². The molecule has 0 N–H and O–H groups in total. The number of tetrazole rings is 1. The molecule has 7 nitrogen and oxygen atoms in total. The second-order valence-corrected chi connectivity index (χ2v) is 6.25. The highest BCUT2D eigenvalue weighted by Crippen LogP contribution is 2.21. The van der Waals surface area contributed by atoms with Crippen LogP contribution in [0.25, 0.3) is 4.96 Å². The molecule has 0 saturated carbocycles. The Bertz CT molecular complexity index is 789. The number of fused-ring (bicyclic) bond motifs is 1. The number of rotatable bonds is 4. The van der Waals surface area contributed by atoms with Gasteiger partial charge >= 0.3 is 0 Å². The minimum Gasteiger partial charge on any atom is -0.269 e. The van der Waals surface area contributed by atoms with Crippen molar-refractivity contribution >= 4 is 28.1 Å². The van der Waals surface area contributed by atoms with E-state index < -0.39 is 0 Å². The van der Waals surface area contributed by atoms with Crippen molar-refractivity contribution in [3.8, 4) is 0 Å². The Labute approximate surface area is 122 Å². The van der Waals surface area contributed by atoms with Gasteiger partial charge in [0.15, 0.2) is 4.96 Å². The van der Waals surface area contributed by atoms with Gasteiger partial charge in [0.1, 0.15) is 0 Å². The molecule has 0 fully saturated rings. The standard InChI is InChI=1S/C11H12N6OS2/c1-7(2)17-11(13-14-15-17)20-6-8-5-9(18)16-3-4-19-10(16)12-8/h3-5,7H,6H2,1-2H3. The summed E-state index contributed by atoms with van der Waals surface area (Å²) < 4.78 is 3.29. The van der Waals surface area contributed by atoms with Crippen LogP contribution in [0.2, 0.25) is 0 Å². The van der Waals surface area contributed by atoms with E-state index in [4.69, 9.17) is 0 Å². The van der Waals surface area contributed by atoms with Crippen LogP contribution in [-0.4, -0.2) is 29.6 Å². The highest BCUT2D eigenvalue weighted by Gasteiger charge is 2.11. The molecule has 0 bridgehead atoms. The highest BCUT2D eigenvalue weighted by molar-refractivity contribution is 7.98. The highest BCUT2D eigenvalue weighted by atomic mass is 32.2. The van der Waals surface area contributed by atoms with E-state index >= 15 is 0 Å². The summed E-state index contributed by atoms with van der Waals surface area (Å²) >= 11 is 2.92. The van der Waals surface area contributed by atoms with Gasteiger partial charge in [0, 0.05) is 23.4 Å². The van der Waals surface area contributed by atoms with Crippen molar-refractivity contribution in [2.24, 2.45) is 0 Å². The van der Waals surface area contributed by atoms with Crippen LogP contribution in [0.15, 0.2) is 27.6 Å². The average Bonchev–Trinajstić information content (AvgIpc) is 3.04. The Morgan fingerprint density at radius 1 is 1.45 bits per heavy atom. The first-order valence-corrected chi connectivity index (χ1v) is 7.88. The van der Waals surface area contributed by atoms with E-state index in [2.05, 4.69) is 20.5 Å². The van der Waals surface area contributed by atoms with Crippen LogP contribution in [0.4, 0.5) is 0 Å². The third kappa shape index (κ3) is 2.46. The number of hydrogen-bond acceptors (Lipinski definition) is 7. The van der Waals surface area contributed by atoms with Gasteiger partial charge in [0.2, 0.25) is 5.16 Å². The van der Waals surface area contributed by atoms with Gasteiger partial charge in [0.25, 0.3) is 5.56 Å². The monoisotopic (exact) mass is 308 g/mol. The van der Waals surface area contributed by atoms with E-state index in [-0.39, 0.29) is 11.6 Å². The van der Waals surface area contributed by atoms with E-state index in [0.29, 0.717) is 10.7 Å². The molecule has 3 rings (SSSR count). The smallest absolute Gasteiger partial charge is 0.258 e.